The molecule has 2 unspecified atom stereocenters. The van der Waals surface area contributed by atoms with Crippen LogP contribution in [0.4, 0.5) is 4.39 Å². The molecule has 1 aliphatic heterocycles. The summed E-state index contributed by atoms with van der Waals surface area (Å²) in [6, 6.07) is 4.68. The summed E-state index contributed by atoms with van der Waals surface area (Å²) in [6.07, 6.45) is -0.395. The Balaban J connectivity index is 2.05. The van der Waals surface area contributed by atoms with Crippen LogP contribution in [0, 0.1) is 12.7 Å². The van der Waals surface area contributed by atoms with Crippen LogP contribution in [0.25, 0.3) is 0 Å². The fourth-order valence-corrected chi connectivity index (χ4v) is 1.63. The van der Waals surface area contributed by atoms with Crippen molar-refractivity contribution in [1.29, 1.82) is 0 Å². The minimum Gasteiger partial charge on any atom is -0.485 e. The second-order valence-corrected chi connectivity index (χ2v) is 4.00. The van der Waals surface area contributed by atoms with E-state index in [1.165, 1.54) is 6.07 Å². The van der Waals surface area contributed by atoms with Gasteiger partial charge in [-0.2, -0.15) is 0 Å². The normalized spacial score (nSPS) is 25.4. The smallest absolute Gasteiger partial charge is 0.148 e. The third-order valence-electron chi connectivity index (χ3n) is 2.70. The number of aryl methyl sites for hydroxylation is 1. The first-order valence-corrected chi connectivity index (χ1v) is 5.35. The van der Waals surface area contributed by atoms with Gasteiger partial charge in [0.2, 0.25) is 0 Å². The van der Waals surface area contributed by atoms with Crippen molar-refractivity contribution in [2.24, 2.45) is 0 Å². The maximum atomic E-state index is 13.3. The summed E-state index contributed by atoms with van der Waals surface area (Å²) in [4.78, 5) is 0. The Morgan fingerprint density at radius 1 is 1.50 bits per heavy atom. The summed E-state index contributed by atoms with van der Waals surface area (Å²) >= 11 is 0. The highest BCUT2D eigenvalue weighted by atomic mass is 19.1. The second-order valence-electron chi connectivity index (χ2n) is 4.00. The molecular weight excluding hydrogens is 211 g/mol. The number of ether oxygens (including phenoxy) is 2. The lowest BCUT2D eigenvalue weighted by molar-refractivity contribution is -0.0736. The van der Waals surface area contributed by atoms with Crippen LogP contribution >= 0.6 is 0 Å². The van der Waals surface area contributed by atoms with E-state index >= 15 is 0 Å². The molecule has 1 heterocycles. The van der Waals surface area contributed by atoms with Crippen molar-refractivity contribution >= 4 is 0 Å². The average molecular weight is 226 g/mol. The van der Waals surface area contributed by atoms with Crippen LogP contribution in [-0.4, -0.2) is 30.5 Å². The number of aliphatic hydroxyl groups excluding tert-OH is 1. The first-order valence-electron chi connectivity index (χ1n) is 5.35. The van der Waals surface area contributed by atoms with Gasteiger partial charge in [-0.25, -0.2) is 4.39 Å². The van der Waals surface area contributed by atoms with Crippen LogP contribution in [0.5, 0.6) is 5.75 Å². The van der Waals surface area contributed by atoms with Gasteiger partial charge in [-0.05, 0) is 18.6 Å². The first-order chi connectivity index (χ1) is 7.66. The van der Waals surface area contributed by atoms with Gasteiger partial charge in [-0.15, -0.1) is 0 Å². The summed E-state index contributed by atoms with van der Waals surface area (Å²) in [5, 5.41) is 9.66. The van der Waals surface area contributed by atoms with E-state index in [-0.39, 0.29) is 5.82 Å². The highest BCUT2D eigenvalue weighted by Crippen LogP contribution is 2.20. The third-order valence-corrected chi connectivity index (χ3v) is 2.70. The standard InChI is InChI=1S/C12H15FO3/c1-8-2-3-9(6-10(8)13)16-12-7-15-5-4-11(12)14/h2-3,6,11-12,14H,4-5,7H2,1H3. The van der Waals surface area contributed by atoms with E-state index in [4.69, 9.17) is 9.47 Å². The Morgan fingerprint density at radius 2 is 2.31 bits per heavy atom. The lowest BCUT2D eigenvalue weighted by Gasteiger charge is -2.28. The second kappa shape index (κ2) is 4.80. The van der Waals surface area contributed by atoms with E-state index in [2.05, 4.69) is 0 Å². The maximum absolute atomic E-state index is 13.3. The zero-order chi connectivity index (χ0) is 11.5. The van der Waals surface area contributed by atoms with Crippen LogP contribution in [0.2, 0.25) is 0 Å². The number of rotatable bonds is 2. The molecule has 0 bridgehead atoms. The molecule has 16 heavy (non-hydrogen) atoms. The molecule has 3 nitrogen and oxygen atoms in total. The molecule has 1 saturated heterocycles. The number of halogens is 1. The Bertz CT molecular complexity index is 367. The van der Waals surface area contributed by atoms with Crippen LogP contribution in [0.3, 0.4) is 0 Å². The molecule has 1 N–H and O–H groups in total. The Morgan fingerprint density at radius 3 is 3.00 bits per heavy atom. The average Bonchev–Trinajstić information content (AvgIpc) is 2.27. The van der Waals surface area contributed by atoms with Crippen molar-refractivity contribution in [1.82, 2.24) is 0 Å². The molecule has 2 rings (SSSR count). The minimum absolute atomic E-state index is 0.302. The third kappa shape index (κ3) is 2.51. The zero-order valence-corrected chi connectivity index (χ0v) is 9.15. The molecule has 1 fully saturated rings. The van der Waals surface area contributed by atoms with E-state index in [9.17, 15) is 9.50 Å². The Labute approximate surface area is 93.8 Å². The van der Waals surface area contributed by atoms with E-state index in [0.717, 1.165) is 0 Å². The van der Waals surface area contributed by atoms with Crippen molar-refractivity contribution in [2.45, 2.75) is 25.6 Å². The van der Waals surface area contributed by atoms with Crippen molar-refractivity contribution in [2.75, 3.05) is 13.2 Å². The van der Waals surface area contributed by atoms with E-state index in [1.54, 1.807) is 19.1 Å². The topological polar surface area (TPSA) is 38.7 Å². The molecule has 88 valence electrons. The molecule has 2 atom stereocenters. The molecular formula is C12H15FO3. The monoisotopic (exact) mass is 226 g/mol. The van der Waals surface area contributed by atoms with Gasteiger partial charge in [0, 0.05) is 19.1 Å². The molecule has 0 amide bonds. The molecule has 4 heteroatoms. The Kier molecular flexibility index (Phi) is 3.41. The summed E-state index contributed by atoms with van der Waals surface area (Å²) in [7, 11) is 0. The number of hydrogen-bond acceptors (Lipinski definition) is 3. The maximum Gasteiger partial charge on any atom is 0.148 e. The molecule has 0 spiro atoms. The predicted octanol–water partition coefficient (Wildman–Crippen LogP) is 1.66. The van der Waals surface area contributed by atoms with Crippen LogP contribution < -0.4 is 4.74 Å². The van der Waals surface area contributed by atoms with Crippen LogP contribution in [0.1, 0.15) is 12.0 Å². The quantitative estimate of drug-likeness (QED) is 0.833. The molecule has 1 aromatic carbocycles. The van der Waals surface area contributed by atoms with Gasteiger partial charge in [0.15, 0.2) is 0 Å². The molecule has 0 radical (unpaired) electrons. The predicted molar refractivity (Wildman–Crippen MR) is 57.0 cm³/mol. The highest BCUT2D eigenvalue weighted by Gasteiger charge is 2.25. The molecule has 1 aliphatic rings. The molecule has 0 aliphatic carbocycles. The minimum atomic E-state index is -0.543. The molecule has 0 saturated carbocycles. The van der Waals surface area contributed by atoms with Crippen molar-refractivity contribution in [3.63, 3.8) is 0 Å². The number of benzene rings is 1. The van der Waals surface area contributed by atoms with Gasteiger partial charge < -0.3 is 14.6 Å². The zero-order valence-electron chi connectivity index (χ0n) is 9.15. The van der Waals surface area contributed by atoms with Crippen molar-refractivity contribution in [3.8, 4) is 5.75 Å². The summed E-state index contributed by atoms with van der Waals surface area (Å²) in [5.41, 5.74) is 0.577. The van der Waals surface area contributed by atoms with E-state index < -0.39 is 12.2 Å². The van der Waals surface area contributed by atoms with E-state index in [1.807, 2.05) is 0 Å². The highest BCUT2D eigenvalue weighted by molar-refractivity contribution is 5.28. The van der Waals surface area contributed by atoms with E-state index in [0.29, 0.717) is 30.9 Å². The van der Waals surface area contributed by atoms with Gasteiger partial charge in [0.25, 0.3) is 0 Å². The van der Waals surface area contributed by atoms with Crippen LogP contribution in [0.15, 0.2) is 18.2 Å². The van der Waals surface area contributed by atoms with Gasteiger partial charge in [-0.3, -0.25) is 0 Å². The lowest BCUT2D eigenvalue weighted by atomic mass is 10.1. The Hall–Kier alpha value is -1.13. The van der Waals surface area contributed by atoms with Gasteiger partial charge in [-0.1, -0.05) is 6.07 Å². The van der Waals surface area contributed by atoms with Gasteiger partial charge in [0.05, 0.1) is 12.7 Å². The largest absolute Gasteiger partial charge is 0.485 e. The van der Waals surface area contributed by atoms with Crippen LogP contribution in [-0.2, 0) is 4.74 Å². The fraction of sp³-hybridized carbons (Fsp3) is 0.500. The summed E-state index contributed by atoms with van der Waals surface area (Å²) in [5.74, 6) is 0.126. The first kappa shape index (κ1) is 11.4. The molecule has 0 aromatic heterocycles. The molecule has 1 aromatic rings. The summed E-state index contributed by atoms with van der Waals surface area (Å²) in [6.45, 7) is 2.58. The van der Waals surface area contributed by atoms with Crippen molar-refractivity contribution < 1.29 is 19.0 Å². The fourth-order valence-electron chi connectivity index (χ4n) is 1.63. The SMILES string of the molecule is Cc1ccc(OC2COCCC2O)cc1F. The number of hydrogen-bond donors (Lipinski definition) is 1. The van der Waals surface area contributed by atoms with Gasteiger partial charge in [0.1, 0.15) is 17.7 Å². The number of aliphatic hydroxyl groups is 1. The van der Waals surface area contributed by atoms with Crippen molar-refractivity contribution in [3.05, 3.63) is 29.6 Å². The van der Waals surface area contributed by atoms with Gasteiger partial charge >= 0.3 is 0 Å². The summed E-state index contributed by atoms with van der Waals surface area (Å²) < 4.78 is 23.9. The lowest BCUT2D eigenvalue weighted by Crippen LogP contribution is -2.40.